The fourth-order valence-corrected chi connectivity index (χ4v) is 3.03. The van der Waals surface area contributed by atoms with E-state index in [-0.39, 0.29) is 4.90 Å². The molecule has 0 saturated heterocycles. The predicted molar refractivity (Wildman–Crippen MR) is 83.5 cm³/mol. The molecule has 1 N–H and O–H groups in total. The highest BCUT2D eigenvalue weighted by molar-refractivity contribution is 7.89. The molecule has 3 rings (SSSR count). The highest BCUT2D eigenvalue weighted by Crippen LogP contribution is 2.25. The molecule has 1 aliphatic heterocycles. The molecule has 2 heterocycles. The van der Waals surface area contributed by atoms with Gasteiger partial charge in [0.1, 0.15) is 23.1 Å². The molecule has 116 valence electrons. The second-order valence-electron chi connectivity index (χ2n) is 4.94. The number of nitrogens with zero attached hydrogens (tertiary/aromatic N) is 2. The summed E-state index contributed by atoms with van der Waals surface area (Å²) in [7, 11) is -2.08. The smallest absolute Gasteiger partial charge is 0.241 e. The molecule has 1 aliphatic rings. The SMILES string of the molecule is CNS(=O)(=O)c1ccc(N2CCOc3ccccc3C2)nc1. The van der Waals surface area contributed by atoms with Crippen LogP contribution in [-0.4, -0.2) is 33.6 Å². The van der Waals surface area contributed by atoms with Crippen molar-refractivity contribution in [3.05, 3.63) is 48.2 Å². The second-order valence-corrected chi connectivity index (χ2v) is 6.82. The van der Waals surface area contributed by atoms with E-state index in [1.807, 2.05) is 24.3 Å². The number of anilines is 1. The Kier molecular flexibility index (Phi) is 4.00. The molecule has 1 aromatic carbocycles. The number of hydrogen-bond donors (Lipinski definition) is 1. The number of benzene rings is 1. The van der Waals surface area contributed by atoms with Gasteiger partial charge < -0.3 is 9.64 Å². The molecule has 2 aromatic rings. The van der Waals surface area contributed by atoms with E-state index in [0.717, 1.165) is 17.1 Å². The Hall–Kier alpha value is -2.12. The number of pyridine rings is 1. The summed E-state index contributed by atoms with van der Waals surface area (Å²) >= 11 is 0. The standard InChI is InChI=1S/C15H17N3O3S/c1-16-22(19,20)13-6-7-15(17-10-13)18-8-9-21-14-5-3-2-4-12(14)11-18/h2-7,10,16H,8-9,11H2,1H3. The number of rotatable bonds is 3. The van der Waals surface area contributed by atoms with Crippen LogP contribution in [0, 0.1) is 0 Å². The van der Waals surface area contributed by atoms with Gasteiger partial charge in [0.2, 0.25) is 10.0 Å². The first-order valence-electron chi connectivity index (χ1n) is 6.95. The number of para-hydroxylation sites is 1. The molecular formula is C15H17N3O3S. The van der Waals surface area contributed by atoms with E-state index in [1.165, 1.54) is 13.2 Å². The highest BCUT2D eigenvalue weighted by atomic mass is 32.2. The zero-order chi connectivity index (χ0) is 15.6. The van der Waals surface area contributed by atoms with E-state index < -0.39 is 10.0 Å². The number of nitrogens with one attached hydrogen (secondary N) is 1. The number of hydrogen-bond acceptors (Lipinski definition) is 5. The van der Waals surface area contributed by atoms with E-state index in [1.54, 1.807) is 12.1 Å². The van der Waals surface area contributed by atoms with Gasteiger partial charge in [-0.25, -0.2) is 18.1 Å². The van der Waals surface area contributed by atoms with Crippen molar-refractivity contribution in [3.63, 3.8) is 0 Å². The maximum absolute atomic E-state index is 11.7. The van der Waals surface area contributed by atoms with Crippen LogP contribution in [0.3, 0.4) is 0 Å². The van der Waals surface area contributed by atoms with E-state index in [0.29, 0.717) is 19.7 Å². The first kappa shape index (κ1) is 14.8. The maximum atomic E-state index is 11.7. The van der Waals surface area contributed by atoms with E-state index in [9.17, 15) is 8.42 Å². The summed E-state index contributed by atoms with van der Waals surface area (Å²) in [5.74, 6) is 1.62. The maximum Gasteiger partial charge on any atom is 0.241 e. The van der Waals surface area contributed by atoms with Crippen LogP contribution in [0.2, 0.25) is 0 Å². The van der Waals surface area contributed by atoms with Crippen molar-refractivity contribution in [2.24, 2.45) is 0 Å². The number of ether oxygens (including phenoxy) is 1. The lowest BCUT2D eigenvalue weighted by Gasteiger charge is -2.21. The number of fused-ring (bicyclic) bond motifs is 1. The highest BCUT2D eigenvalue weighted by Gasteiger charge is 2.17. The molecule has 0 atom stereocenters. The van der Waals surface area contributed by atoms with Crippen LogP contribution in [0.1, 0.15) is 5.56 Å². The monoisotopic (exact) mass is 319 g/mol. The Balaban J connectivity index is 1.86. The summed E-state index contributed by atoms with van der Waals surface area (Å²) in [4.78, 5) is 6.51. The molecular weight excluding hydrogens is 302 g/mol. The molecule has 7 heteroatoms. The summed E-state index contributed by atoms with van der Waals surface area (Å²) in [6, 6.07) is 11.2. The normalized spacial score (nSPS) is 14.9. The molecule has 0 unspecified atom stereocenters. The lowest BCUT2D eigenvalue weighted by molar-refractivity contribution is 0.331. The minimum Gasteiger partial charge on any atom is -0.491 e. The Bertz CT molecular complexity index is 760. The molecule has 22 heavy (non-hydrogen) atoms. The molecule has 0 spiro atoms. The molecule has 0 fully saturated rings. The largest absolute Gasteiger partial charge is 0.491 e. The van der Waals surface area contributed by atoms with Crippen molar-refractivity contribution in [2.45, 2.75) is 11.4 Å². The first-order chi connectivity index (χ1) is 10.6. The van der Waals surface area contributed by atoms with Crippen LogP contribution in [0.5, 0.6) is 5.75 Å². The average molecular weight is 319 g/mol. The van der Waals surface area contributed by atoms with Crippen molar-refractivity contribution >= 4 is 15.8 Å². The molecule has 1 aromatic heterocycles. The van der Waals surface area contributed by atoms with Gasteiger partial charge in [0.15, 0.2) is 0 Å². The zero-order valence-corrected chi connectivity index (χ0v) is 13.0. The van der Waals surface area contributed by atoms with Gasteiger partial charge in [0, 0.05) is 18.3 Å². The van der Waals surface area contributed by atoms with Crippen LogP contribution in [0.25, 0.3) is 0 Å². The van der Waals surface area contributed by atoms with Gasteiger partial charge in [-0.15, -0.1) is 0 Å². The van der Waals surface area contributed by atoms with Gasteiger partial charge in [-0.2, -0.15) is 0 Å². The molecule has 0 amide bonds. The number of sulfonamides is 1. The number of aromatic nitrogens is 1. The molecule has 6 nitrogen and oxygen atoms in total. The summed E-state index contributed by atoms with van der Waals surface area (Å²) in [5, 5.41) is 0. The van der Waals surface area contributed by atoms with Crippen molar-refractivity contribution in [2.75, 3.05) is 25.1 Å². The third kappa shape index (κ3) is 2.90. The molecule has 0 radical (unpaired) electrons. The Labute approximate surface area is 129 Å². The Morgan fingerprint density at radius 1 is 1.23 bits per heavy atom. The van der Waals surface area contributed by atoms with Crippen LogP contribution >= 0.6 is 0 Å². The van der Waals surface area contributed by atoms with E-state index >= 15 is 0 Å². The quantitative estimate of drug-likeness (QED) is 0.925. The fourth-order valence-electron chi connectivity index (χ4n) is 2.36. The lowest BCUT2D eigenvalue weighted by Crippen LogP contribution is -2.26. The van der Waals surface area contributed by atoms with Crippen molar-refractivity contribution in [3.8, 4) is 5.75 Å². The fraction of sp³-hybridized carbons (Fsp3) is 0.267. The predicted octanol–water partition coefficient (Wildman–Crippen LogP) is 1.39. The van der Waals surface area contributed by atoms with Gasteiger partial charge in [-0.05, 0) is 25.2 Å². The molecule has 0 saturated carbocycles. The van der Waals surface area contributed by atoms with Gasteiger partial charge >= 0.3 is 0 Å². The second kappa shape index (κ2) is 5.94. The van der Waals surface area contributed by atoms with Gasteiger partial charge in [0.25, 0.3) is 0 Å². The van der Waals surface area contributed by atoms with Crippen LogP contribution < -0.4 is 14.4 Å². The third-order valence-corrected chi connectivity index (χ3v) is 4.98. The van der Waals surface area contributed by atoms with Crippen molar-refractivity contribution in [1.82, 2.24) is 9.71 Å². The van der Waals surface area contributed by atoms with Crippen LogP contribution in [0.4, 0.5) is 5.82 Å². The Morgan fingerprint density at radius 3 is 2.77 bits per heavy atom. The molecule has 0 bridgehead atoms. The first-order valence-corrected chi connectivity index (χ1v) is 8.44. The average Bonchev–Trinajstić information content (AvgIpc) is 2.77. The Morgan fingerprint density at radius 2 is 2.05 bits per heavy atom. The van der Waals surface area contributed by atoms with Crippen molar-refractivity contribution < 1.29 is 13.2 Å². The summed E-state index contributed by atoms with van der Waals surface area (Å²) in [6.07, 6.45) is 1.37. The summed E-state index contributed by atoms with van der Waals surface area (Å²) in [5.41, 5.74) is 1.09. The lowest BCUT2D eigenvalue weighted by atomic mass is 10.2. The van der Waals surface area contributed by atoms with Crippen LogP contribution in [-0.2, 0) is 16.6 Å². The third-order valence-electron chi connectivity index (χ3n) is 3.58. The summed E-state index contributed by atoms with van der Waals surface area (Å²) in [6.45, 7) is 1.94. The van der Waals surface area contributed by atoms with E-state index in [2.05, 4.69) is 14.6 Å². The summed E-state index contributed by atoms with van der Waals surface area (Å²) < 4.78 is 31.4. The molecule has 0 aliphatic carbocycles. The topological polar surface area (TPSA) is 71.5 Å². The minimum atomic E-state index is -3.46. The van der Waals surface area contributed by atoms with Crippen molar-refractivity contribution in [1.29, 1.82) is 0 Å². The minimum absolute atomic E-state index is 0.158. The van der Waals surface area contributed by atoms with Gasteiger partial charge in [-0.1, -0.05) is 18.2 Å². The van der Waals surface area contributed by atoms with Gasteiger partial charge in [0.05, 0.1) is 6.54 Å². The van der Waals surface area contributed by atoms with Crippen LogP contribution in [0.15, 0.2) is 47.5 Å². The zero-order valence-electron chi connectivity index (χ0n) is 12.2. The van der Waals surface area contributed by atoms with E-state index in [4.69, 9.17) is 4.74 Å². The van der Waals surface area contributed by atoms with Gasteiger partial charge in [-0.3, -0.25) is 0 Å².